The van der Waals surface area contributed by atoms with Crippen LogP contribution in [-0.4, -0.2) is 31.0 Å². The van der Waals surface area contributed by atoms with Gasteiger partial charge in [0.15, 0.2) is 0 Å². The SMILES string of the molecule is Cn1cncc1-c1cn(C2CC(CO)C2)nc1C1CC1. The molecule has 1 N–H and O–H groups in total. The summed E-state index contributed by atoms with van der Waals surface area (Å²) in [6.07, 6.45) is 10.6. The van der Waals surface area contributed by atoms with Gasteiger partial charge in [-0.15, -0.1) is 0 Å². The van der Waals surface area contributed by atoms with Gasteiger partial charge in [-0.25, -0.2) is 4.98 Å². The molecule has 2 aromatic heterocycles. The topological polar surface area (TPSA) is 55.9 Å². The van der Waals surface area contributed by atoms with E-state index in [1.54, 1.807) is 0 Å². The Morgan fingerprint density at radius 1 is 1.35 bits per heavy atom. The number of aliphatic hydroxyl groups excluding tert-OH is 1. The molecular formula is C15H20N4O. The van der Waals surface area contributed by atoms with Crippen molar-refractivity contribution in [1.29, 1.82) is 0 Å². The van der Waals surface area contributed by atoms with Crippen molar-refractivity contribution in [2.45, 2.75) is 37.6 Å². The Balaban J connectivity index is 1.68. The normalized spacial score (nSPS) is 25.7. The molecule has 0 saturated heterocycles. The number of aromatic nitrogens is 4. The molecule has 0 unspecified atom stereocenters. The maximum atomic E-state index is 9.15. The fourth-order valence-corrected chi connectivity index (χ4v) is 3.13. The number of nitrogens with zero attached hydrogens (tertiary/aromatic N) is 4. The average molecular weight is 272 g/mol. The van der Waals surface area contributed by atoms with Gasteiger partial charge in [-0.1, -0.05) is 0 Å². The van der Waals surface area contributed by atoms with Crippen molar-refractivity contribution < 1.29 is 5.11 Å². The van der Waals surface area contributed by atoms with Crippen LogP contribution in [-0.2, 0) is 7.05 Å². The lowest BCUT2D eigenvalue weighted by molar-refractivity contribution is 0.105. The van der Waals surface area contributed by atoms with Crippen LogP contribution in [0.25, 0.3) is 11.3 Å². The summed E-state index contributed by atoms with van der Waals surface area (Å²) in [4.78, 5) is 4.23. The first-order chi connectivity index (χ1) is 9.76. The van der Waals surface area contributed by atoms with Crippen LogP contribution in [0, 0.1) is 5.92 Å². The first-order valence-corrected chi connectivity index (χ1v) is 7.43. The van der Waals surface area contributed by atoms with Crippen molar-refractivity contribution in [3.63, 3.8) is 0 Å². The highest BCUT2D eigenvalue weighted by atomic mass is 16.3. The highest BCUT2D eigenvalue weighted by Crippen LogP contribution is 2.45. The van der Waals surface area contributed by atoms with E-state index in [2.05, 4.69) is 20.4 Å². The Bertz CT molecular complexity index is 620. The molecule has 2 aliphatic carbocycles. The van der Waals surface area contributed by atoms with Crippen LogP contribution in [0.5, 0.6) is 0 Å². The number of hydrogen-bond donors (Lipinski definition) is 1. The number of hydrogen-bond acceptors (Lipinski definition) is 3. The number of imidazole rings is 1. The van der Waals surface area contributed by atoms with Gasteiger partial charge in [-0.2, -0.15) is 5.10 Å². The highest BCUT2D eigenvalue weighted by molar-refractivity contribution is 5.62. The Morgan fingerprint density at radius 3 is 2.75 bits per heavy atom. The molecule has 5 nitrogen and oxygen atoms in total. The summed E-state index contributed by atoms with van der Waals surface area (Å²) in [5.41, 5.74) is 3.62. The molecule has 5 heteroatoms. The average Bonchev–Trinajstić information content (AvgIpc) is 3.01. The van der Waals surface area contributed by atoms with Crippen LogP contribution in [0.15, 0.2) is 18.7 Å². The second kappa shape index (κ2) is 4.45. The summed E-state index contributed by atoms with van der Waals surface area (Å²) in [6.45, 7) is 0.307. The molecule has 0 spiro atoms. The monoisotopic (exact) mass is 272 g/mol. The van der Waals surface area contributed by atoms with Crippen LogP contribution in [0.4, 0.5) is 0 Å². The van der Waals surface area contributed by atoms with Gasteiger partial charge in [-0.3, -0.25) is 4.68 Å². The van der Waals surface area contributed by atoms with E-state index in [1.165, 1.54) is 24.1 Å². The minimum atomic E-state index is 0.307. The molecule has 4 rings (SSSR count). The molecule has 2 heterocycles. The van der Waals surface area contributed by atoms with Gasteiger partial charge in [0.05, 0.1) is 30.0 Å². The third kappa shape index (κ3) is 1.88. The number of rotatable bonds is 4. The van der Waals surface area contributed by atoms with Gasteiger partial charge in [0.25, 0.3) is 0 Å². The summed E-state index contributed by atoms with van der Waals surface area (Å²) in [5, 5.41) is 14.0. The Labute approximate surface area is 118 Å². The van der Waals surface area contributed by atoms with Gasteiger partial charge in [0.1, 0.15) is 0 Å². The van der Waals surface area contributed by atoms with E-state index < -0.39 is 0 Å². The highest BCUT2D eigenvalue weighted by Gasteiger charge is 2.34. The Kier molecular flexibility index (Phi) is 2.70. The van der Waals surface area contributed by atoms with Gasteiger partial charge in [0.2, 0.25) is 0 Å². The Hall–Kier alpha value is -1.62. The van der Waals surface area contributed by atoms with Crippen LogP contribution < -0.4 is 0 Å². The molecule has 0 radical (unpaired) electrons. The number of aliphatic hydroxyl groups is 1. The summed E-state index contributed by atoms with van der Waals surface area (Å²) in [7, 11) is 2.03. The number of aryl methyl sites for hydroxylation is 1. The zero-order valence-electron chi connectivity index (χ0n) is 11.7. The lowest BCUT2D eigenvalue weighted by Gasteiger charge is -2.34. The third-order valence-electron chi connectivity index (χ3n) is 4.66. The molecular weight excluding hydrogens is 252 g/mol. The van der Waals surface area contributed by atoms with Gasteiger partial charge < -0.3 is 9.67 Å². The lowest BCUT2D eigenvalue weighted by Crippen LogP contribution is -2.29. The predicted molar refractivity (Wildman–Crippen MR) is 75.3 cm³/mol. The molecule has 2 saturated carbocycles. The molecule has 0 aromatic carbocycles. The Morgan fingerprint density at radius 2 is 2.15 bits per heavy atom. The molecule has 0 atom stereocenters. The molecule has 106 valence electrons. The lowest BCUT2D eigenvalue weighted by atomic mass is 9.81. The standard InChI is InChI=1S/C15H20N4O/c1-18-9-16-6-14(18)13-7-19(12-4-10(5-12)8-20)17-15(13)11-2-3-11/h6-7,9-12,20H,2-5,8H2,1H3. The van der Waals surface area contributed by atoms with Crippen molar-refractivity contribution >= 4 is 0 Å². The van der Waals surface area contributed by atoms with Crippen molar-refractivity contribution in [3.8, 4) is 11.3 Å². The van der Waals surface area contributed by atoms with Crippen LogP contribution >= 0.6 is 0 Å². The molecule has 20 heavy (non-hydrogen) atoms. The van der Waals surface area contributed by atoms with E-state index in [1.807, 2.05) is 19.6 Å². The van der Waals surface area contributed by atoms with E-state index in [4.69, 9.17) is 10.2 Å². The fraction of sp³-hybridized carbons (Fsp3) is 0.600. The summed E-state index contributed by atoms with van der Waals surface area (Å²) >= 11 is 0. The van der Waals surface area contributed by atoms with Crippen molar-refractivity contribution in [2.24, 2.45) is 13.0 Å². The zero-order valence-corrected chi connectivity index (χ0v) is 11.7. The van der Waals surface area contributed by atoms with Gasteiger partial charge in [-0.05, 0) is 31.6 Å². The summed E-state index contributed by atoms with van der Waals surface area (Å²) < 4.78 is 4.19. The smallest absolute Gasteiger partial charge is 0.0948 e. The molecule has 0 bridgehead atoms. The molecule has 2 fully saturated rings. The first-order valence-electron chi connectivity index (χ1n) is 7.43. The second-order valence-electron chi connectivity index (χ2n) is 6.25. The minimum absolute atomic E-state index is 0.307. The fourth-order valence-electron chi connectivity index (χ4n) is 3.13. The maximum absolute atomic E-state index is 9.15. The zero-order chi connectivity index (χ0) is 13.7. The van der Waals surface area contributed by atoms with Crippen molar-refractivity contribution in [3.05, 3.63) is 24.4 Å². The van der Waals surface area contributed by atoms with Gasteiger partial charge >= 0.3 is 0 Å². The third-order valence-corrected chi connectivity index (χ3v) is 4.66. The predicted octanol–water partition coefficient (Wildman–Crippen LogP) is 2.10. The molecule has 0 amide bonds. The quantitative estimate of drug-likeness (QED) is 0.927. The summed E-state index contributed by atoms with van der Waals surface area (Å²) in [6, 6.07) is 0.464. The van der Waals surface area contributed by atoms with Crippen LogP contribution in [0.1, 0.15) is 43.3 Å². The largest absolute Gasteiger partial charge is 0.396 e. The van der Waals surface area contributed by atoms with Crippen molar-refractivity contribution in [1.82, 2.24) is 19.3 Å². The van der Waals surface area contributed by atoms with E-state index in [0.29, 0.717) is 24.5 Å². The van der Waals surface area contributed by atoms with E-state index in [9.17, 15) is 0 Å². The van der Waals surface area contributed by atoms with Gasteiger partial charge in [0, 0.05) is 31.3 Å². The van der Waals surface area contributed by atoms with E-state index >= 15 is 0 Å². The maximum Gasteiger partial charge on any atom is 0.0948 e. The summed E-state index contributed by atoms with van der Waals surface area (Å²) in [5.74, 6) is 1.10. The molecule has 2 aromatic rings. The van der Waals surface area contributed by atoms with E-state index in [-0.39, 0.29) is 0 Å². The molecule has 0 aliphatic heterocycles. The van der Waals surface area contributed by atoms with E-state index in [0.717, 1.165) is 18.5 Å². The minimum Gasteiger partial charge on any atom is -0.396 e. The first kappa shape index (κ1) is 12.1. The second-order valence-corrected chi connectivity index (χ2v) is 6.25. The van der Waals surface area contributed by atoms with Crippen LogP contribution in [0.2, 0.25) is 0 Å². The van der Waals surface area contributed by atoms with Crippen LogP contribution in [0.3, 0.4) is 0 Å². The van der Waals surface area contributed by atoms with Crippen molar-refractivity contribution in [2.75, 3.05) is 6.61 Å². The molecule has 2 aliphatic rings.